The Morgan fingerprint density at radius 1 is 1.17 bits per heavy atom. The first-order valence-electron chi connectivity index (χ1n) is 7.68. The minimum atomic E-state index is -0.483. The van der Waals surface area contributed by atoms with Gasteiger partial charge in [-0.3, -0.25) is 14.4 Å². The molecule has 0 radical (unpaired) electrons. The summed E-state index contributed by atoms with van der Waals surface area (Å²) in [5.74, 6) is -0.877. The monoisotopic (exact) mass is 318 g/mol. The second kappa shape index (κ2) is 7.26. The fourth-order valence-corrected chi connectivity index (χ4v) is 2.32. The lowest BCUT2D eigenvalue weighted by Crippen LogP contribution is -2.36. The van der Waals surface area contributed by atoms with Gasteiger partial charge in [-0.1, -0.05) is 25.1 Å². The van der Waals surface area contributed by atoms with E-state index in [-0.39, 0.29) is 30.9 Å². The molecule has 1 aliphatic carbocycles. The molecule has 1 saturated carbocycles. The van der Waals surface area contributed by atoms with Crippen molar-refractivity contribution in [2.45, 2.75) is 27.2 Å². The average Bonchev–Trinajstić information content (AvgIpc) is 3.23. The fourth-order valence-electron chi connectivity index (χ4n) is 2.32. The van der Waals surface area contributed by atoms with Gasteiger partial charge < -0.3 is 15.4 Å². The van der Waals surface area contributed by atoms with Crippen molar-refractivity contribution in [1.82, 2.24) is 5.32 Å². The molecule has 2 rings (SSSR count). The number of carbonyl (C=O) groups is 3. The highest BCUT2D eigenvalue weighted by atomic mass is 16.5. The minimum Gasteiger partial charge on any atom is -0.455 e. The molecule has 124 valence electrons. The summed E-state index contributed by atoms with van der Waals surface area (Å²) in [4.78, 5) is 35.0. The first-order valence-corrected chi connectivity index (χ1v) is 7.68. The van der Waals surface area contributed by atoms with Crippen LogP contribution in [0.2, 0.25) is 0 Å². The van der Waals surface area contributed by atoms with E-state index in [9.17, 15) is 14.4 Å². The van der Waals surface area contributed by atoms with E-state index >= 15 is 0 Å². The van der Waals surface area contributed by atoms with Gasteiger partial charge in [-0.05, 0) is 37.3 Å². The van der Waals surface area contributed by atoms with Crippen LogP contribution in [-0.4, -0.2) is 30.9 Å². The number of benzene rings is 1. The third-order valence-electron chi connectivity index (χ3n) is 3.95. The molecule has 23 heavy (non-hydrogen) atoms. The van der Waals surface area contributed by atoms with Gasteiger partial charge in [-0.2, -0.15) is 0 Å². The Morgan fingerprint density at radius 2 is 1.78 bits per heavy atom. The van der Waals surface area contributed by atoms with Crippen molar-refractivity contribution in [1.29, 1.82) is 0 Å². The van der Waals surface area contributed by atoms with E-state index in [0.29, 0.717) is 5.92 Å². The van der Waals surface area contributed by atoms with Crippen molar-refractivity contribution in [3.63, 3.8) is 0 Å². The molecular weight excluding hydrogens is 296 g/mol. The maximum absolute atomic E-state index is 11.9. The Labute approximate surface area is 135 Å². The van der Waals surface area contributed by atoms with Crippen molar-refractivity contribution in [3.8, 4) is 0 Å². The van der Waals surface area contributed by atoms with Crippen molar-refractivity contribution < 1.29 is 19.1 Å². The number of para-hydroxylation sites is 1. The largest absolute Gasteiger partial charge is 0.455 e. The van der Waals surface area contributed by atoms with Crippen LogP contribution in [0.15, 0.2) is 18.2 Å². The van der Waals surface area contributed by atoms with E-state index in [1.807, 2.05) is 39.0 Å². The molecule has 6 nitrogen and oxygen atoms in total. The Morgan fingerprint density at radius 3 is 2.35 bits per heavy atom. The van der Waals surface area contributed by atoms with E-state index in [2.05, 4.69) is 10.6 Å². The predicted octanol–water partition coefficient (Wildman–Crippen LogP) is 1.56. The average molecular weight is 318 g/mol. The Hall–Kier alpha value is -2.37. The molecule has 1 aromatic rings. The van der Waals surface area contributed by atoms with Crippen LogP contribution in [0, 0.1) is 25.7 Å². The van der Waals surface area contributed by atoms with Crippen LogP contribution >= 0.6 is 0 Å². The van der Waals surface area contributed by atoms with Crippen molar-refractivity contribution >= 4 is 23.5 Å². The lowest BCUT2D eigenvalue weighted by Gasteiger charge is -2.12. The summed E-state index contributed by atoms with van der Waals surface area (Å²) in [6.45, 7) is 5.26. The van der Waals surface area contributed by atoms with E-state index in [1.165, 1.54) is 0 Å². The molecule has 6 heteroatoms. The summed E-state index contributed by atoms with van der Waals surface area (Å²) < 4.78 is 4.90. The summed E-state index contributed by atoms with van der Waals surface area (Å²) in [6, 6.07) is 5.72. The Balaban J connectivity index is 1.71. The standard InChI is InChI=1S/C17H22N2O4/c1-10-5-4-6-11(2)16(10)19-14(20)8-18-15(21)9-23-17(22)13-7-12(13)3/h4-6,12-13H,7-9H2,1-3H3,(H,18,21)(H,19,20)/t12-,13-/m0/s1. The molecule has 1 fully saturated rings. The lowest BCUT2D eigenvalue weighted by molar-refractivity contribution is -0.150. The molecule has 1 aromatic carbocycles. The molecule has 2 N–H and O–H groups in total. The van der Waals surface area contributed by atoms with Crippen molar-refractivity contribution in [3.05, 3.63) is 29.3 Å². The van der Waals surface area contributed by atoms with Gasteiger partial charge in [0.1, 0.15) is 0 Å². The predicted molar refractivity (Wildman–Crippen MR) is 85.8 cm³/mol. The number of nitrogens with one attached hydrogen (secondary N) is 2. The maximum atomic E-state index is 11.9. The molecule has 0 spiro atoms. The number of hydrogen-bond acceptors (Lipinski definition) is 4. The number of esters is 1. The number of rotatable bonds is 6. The summed E-state index contributed by atoms with van der Waals surface area (Å²) in [5, 5.41) is 5.21. The zero-order valence-corrected chi connectivity index (χ0v) is 13.6. The van der Waals surface area contributed by atoms with Crippen LogP contribution in [-0.2, 0) is 19.1 Å². The molecule has 0 bridgehead atoms. The highest BCUT2D eigenvalue weighted by Gasteiger charge is 2.40. The molecule has 1 aliphatic rings. The second-order valence-electron chi connectivity index (χ2n) is 6.02. The molecule has 2 amide bonds. The number of amides is 2. The smallest absolute Gasteiger partial charge is 0.309 e. The lowest BCUT2D eigenvalue weighted by atomic mass is 10.1. The molecule has 0 aromatic heterocycles. The highest BCUT2D eigenvalue weighted by Crippen LogP contribution is 2.38. The van der Waals surface area contributed by atoms with Crippen LogP contribution < -0.4 is 10.6 Å². The minimum absolute atomic E-state index is 0.0740. The SMILES string of the molecule is Cc1cccc(C)c1NC(=O)CNC(=O)COC(=O)[C@H]1C[C@@H]1C. The second-order valence-corrected chi connectivity index (χ2v) is 6.02. The van der Waals surface area contributed by atoms with Gasteiger partial charge in [0.25, 0.3) is 5.91 Å². The molecule has 0 saturated heterocycles. The van der Waals surface area contributed by atoms with Gasteiger partial charge in [0.2, 0.25) is 5.91 Å². The topological polar surface area (TPSA) is 84.5 Å². The van der Waals surface area contributed by atoms with Crippen LogP contribution in [0.1, 0.15) is 24.5 Å². The van der Waals surface area contributed by atoms with E-state index < -0.39 is 5.91 Å². The van der Waals surface area contributed by atoms with E-state index in [1.54, 1.807) is 0 Å². The van der Waals surface area contributed by atoms with Crippen LogP contribution in [0.25, 0.3) is 0 Å². The first-order chi connectivity index (χ1) is 10.9. The fraction of sp³-hybridized carbons (Fsp3) is 0.471. The normalized spacial score (nSPS) is 18.9. The van der Waals surface area contributed by atoms with Crippen LogP contribution in [0.4, 0.5) is 5.69 Å². The zero-order valence-electron chi connectivity index (χ0n) is 13.6. The Kier molecular flexibility index (Phi) is 5.36. The number of aryl methyl sites for hydroxylation is 2. The third-order valence-corrected chi connectivity index (χ3v) is 3.95. The first kappa shape index (κ1) is 17.0. The molecule has 2 atom stereocenters. The number of ether oxygens (including phenoxy) is 1. The Bertz CT molecular complexity index is 607. The van der Waals surface area contributed by atoms with E-state index in [4.69, 9.17) is 4.74 Å². The summed E-state index contributed by atoms with van der Waals surface area (Å²) in [7, 11) is 0. The van der Waals surface area contributed by atoms with Crippen LogP contribution in [0.5, 0.6) is 0 Å². The highest BCUT2D eigenvalue weighted by molar-refractivity contribution is 5.96. The quantitative estimate of drug-likeness (QED) is 0.780. The van der Waals surface area contributed by atoms with Gasteiger partial charge in [0.15, 0.2) is 6.61 Å². The molecule has 0 unspecified atom stereocenters. The summed E-state index contributed by atoms with van der Waals surface area (Å²) in [5.41, 5.74) is 2.66. The van der Waals surface area contributed by atoms with Gasteiger partial charge >= 0.3 is 5.97 Å². The number of carbonyl (C=O) groups excluding carboxylic acids is 3. The number of anilines is 1. The maximum Gasteiger partial charge on any atom is 0.309 e. The molecule has 0 heterocycles. The molecule has 0 aliphatic heterocycles. The van der Waals surface area contributed by atoms with Gasteiger partial charge in [0, 0.05) is 5.69 Å². The van der Waals surface area contributed by atoms with Crippen LogP contribution in [0.3, 0.4) is 0 Å². The molecular formula is C17H22N2O4. The zero-order chi connectivity index (χ0) is 17.0. The summed E-state index contributed by atoms with van der Waals surface area (Å²) >= 11 is 0. The van der Waals surface area contributed by atoms with Gasteiger partial charge in [0.05, 0.1) is 12.5 Å². The number of hydrogen-bond donors (Lipinski definition) is 2. The van der Waals surface area contributed by atoms with Gasteiger partial charge in [-0.15, -0.1) is 0 Å². The van der Waals surface area contributed by atoms with Crippen molar-refractivity contribution in [2.75, 3.05) is 18.5 Å². The van der Waals surface area contributed by atoms with Gasteiger partial charge in [-0.25, -0.2) is 0 Å². The van der Waals surface area contributed by atoms with E-state index in [0.717, 1.165) is 23.2 Å². The third kappa shape index (κ3) is 4.81. The summed E-state index contributed by atoms with van der Waals surface area (Å²) in [6.07, 6.45) is 0.818. The van der Waals surface area contributed by atoms with Crippen molar-refractivity contribution in [2.24, 2.45) is 11.8 Å².